The fourth-order valence-corrected chi connectivity index (χ4v) is 4.17. The van der Waals surface area contributed by atoms with E-state index in [4.69, 9.17) is 34.5 Å². The summed E-state index contributed by atoms with van der Waals surface area (Å²) in [6.07, 6.45) is -2.00. The van der Waals surface area contributed by atoms with Gasteiger partial charge in [0.15, 0.2) is 0 Å². The highest BCUT2D eigenvalue weighted by molar-refractivity contribution is 6.30. The van der Waals surface area contributed by atoms with Crippen LogP contribution in [0.1, 0.15) is 49.5 Å². The van der Waals surface area contributed by atoms with Crippen molar-refractivity contribution in [2.75, 3.05) is 0 Å². The molecule has 3 rings (SSSR count). The summed E-state index contributed by atoms with van der Waals surface area (Å²) in [5.74, 6) is -1.65. The van der Waals surface area contributed by atoms with Crippen molar-refractivity contribution in [2.24, 2.45) is 0 Å². The van der Waals surface area contributed by atoms with Gasteiger partial charge in [-0.3, -0.25) is 19.3 Å². The first-order valence-corrected chi connectivity index (χ1v) is 10.7. The number of ether oxygens (including phenoxy) is 1. The van der Waals surface area contributed by atoms with Gasteiger partial charge in [-0.1, -0.05) is 54.4 Å². The number of rotatable bonds is 7. The minimum Gasteiger partial charge on any atom is -0.481 e. The maximum atomic E-state index is 13.4. The molecule has 1 aliphatic heterocycles. The molecule has 162 valence electrons. The Bertz CT molecular complexity index is 990. The van der Waals surface area contributed by atoms with Crippen LogP contribution in [0.4, 0.5) is 0 Å². The zero-order chi connectivity index (χ0) is 22.5. The van der Waals surface area contributed by atoms with Gasteiger partial charge < -0.3 is 9.84 Å². The van der Waals surface area contributed by atoms with Gasteiger partial charge in [0.25, 0.3) is 5.91 Å². The molecular formula is C23H22Cl2N2O4. The van der Waals surface area contributed by atoms with E-state index in [0.717, 1.165) is 5.56 Å². The monoisotopic (exact) mass is 460 g/mol. The van der Waals surface area contributed by atoms with Crippen LogP contribution in [0.2, 0.25) is 10.0 Å². The summed E-state index contributed by atoms with van der Waals surface area (Å²) in [7, 11) is 0. The summed E-state index contributed by atoms with van der Waals surface area (Å²) in [5, 5.41) is 10.4. The number of aliphatic carboxylic acids is 1. The molecule has 0 aliphatic carbocycles. The van der Waals surface area contributed by atoms with Crippen LogP contribution >= 0.6 is 23.2 Å². The summed E-state index contributed by atoms with van der Waals surface area (Å²) in [6.45, 7) is 9.65. The van der Waals surface area contributed by atoms with E-state index >= 15 is 0 Å². The van der Waals surface area contributed by atoms with E-state index < -0.39 is 42.7 Å². The largest absolute Gasteiger partial charge is 0.481 e. The van der Waals surface area contributed by atoms with Crippen LogP contribution in [0.15, 0.2) is 48.5 Å². The van der Waals surface area contributed by atoms with Crippen LogP contribution in [0.25, 0.3) is 4.85 Å². The van der Waals surface area contributed by atoms with Gasteiger partial charge in [-0.2, -0.15) is 0 Å². The first-order chi connectivity index (χ1) is 14.8. The molecule has 0 saturated carbocycles. The summed E-state index contributed by atoms with van der Waals surface area (Å²) in [4.78, 5) is 30.0. The Labute approximate surface area is 191 Å². The number of carboxylic acids is 1. The first kappa shape index (κ1) is 23.1. The molecule has 1 aliphatic rings. The van der Waals surface area contributed by atoms with Gasteiger partial charge in [-0.25, -0.2) is 6.57 Å². The Morgan fingerprint density at radius 1 is 1.19 bits per heavy atom. The minimum absolute atomic E-state index is 0.460. The molecule has 1 saturated heterocycles. The van der Waals surface area contributed by atoms with Crippen molar-refractivity contribution >= 4 is 35.1 Å². The number of halogens is 2. The fourth-order valence-electron chi connectivity index (χ4n) is 3.85. The van der Waals surface area contributed by atoms with E-state index in [2.05, 4.69) is 4.85 Å². The Hall–Kier alpha value is -2.59. The molecule has 8 heteroatoms. The normalized spacial score (nSPS) is 22.1. The van der Waals surface area contributed by atoms with Crippen LogP contribution in [0.5, 0.6) is 0 Å². The van der Waals surface area contributed by atoms with E-state index in [1.54, 1.807) is 42.5 Å². The lowest BCUT2D eigenvalue weighted by Gasteiger charge is -2.44. The molecule has 0 spiro atoms. The van der Waals surface area contributed by atoms with Gasteiger partial charge in [0.05, 0.1) is 12.5 Å². The number of amides is 1. The summed E-state index contributed by atoms with van der Waals surface area (Å²) < 4.78 is 6.08. The molecular weight excluding hydrogens is 439 g/mol. The molecule has 0 bridgehead atoms. The molecule has 0 unspecified atom stereocenters. The predicted molar refractivity (Wildman–Crippen MR) is 118 cm³/mol. The van der Waals surface area contributed by atoms with Gasteiger partial charge in [0, 0.05) is 16.5 Å². The molecule has 1 N–H and O–H groups in total. The lowest BCUT2D eigenvalue weighted by atomic mass is 9.90. The van der Waals surface area contributed by atoms with Gasteiger partial charge in [-0.05, 0) is 41.8 Å². The maximum Gasteiger partial charge on any atom is 0.306 e. The van der Waals surface area contributed by atoms with Gasteiger partial charge >= 0.3 is 12.1 Å². The number of hydrogen-bond acceptors (Lipinski definition) is 3. The topological polar surface area (TPSA) is 71.2 Å². The van der Waals surface area contributed by atoms with E-state index in [1.807, 2.05) is 13.0 Å². The average molecular weight is 461 g/mol. The minimum atomic E-state index is -1.20. The second kappa shape index (κ2) is 10.1. The Balaban J connectivity index is 2.18. The zero-order valence-corrected chi connectivity index (χ0v) is 18.4. The van der Waals surface area contributed by atoms with E-state index in [1.165, 1.54) is 4.90 Å². The maximum absolute atomic E-state index is 13.4. The van der Waals surface area contributed by atoms with Crippen LogP contribution in [-0.2, 0) is 14.3 Å². The Morgan fingerprint density at radius 3 is 2.48 bits per heavy atom. The van der Waals surface area contributed by atoms with E-state index in [-0.39, 0.29) is 0 Å². The van der Waals surface area contributed by atoms with Crippen molar-refractivity contribution in [3.8, 4) is 0 Å². The van der Waals surface area contributed by atoms with Crippen LogP contribution < -0.4 is 0 Å². The summed E-state index contributed by atoms with van der Waals surface area (Å²) >= 11 is 12.3. The molecule has 1 heterocycles. The lowest BCUT2D eigenvalue weighted by molar-refractivity contribution is -0.182. The molecule has 1 fully saturated rings. The number of hydrogen-bond donors (Lipinski definition) is 1. The zero-order valence-electron chi connectivity index (χ0n) is 16.9. The van der Waals surface area contributed by atoms with E-state index in [9.17, 15) is 14.7 Å². The van der Waals surface area contributed by atoms with Crippen molar-refractivity contribution < 1.29 is 19.4 Å². The van der Waals surface area contributed by atoms with Gasteiger partial charge in [-0.15, -0.1) is 0 Å². The highest BCUT2D eigenvalue weighted by Crippen LogP contribution is 2.44. The third-order valence-corrected chi connectivity index (χ3v) is 5.68. The summed E-state index contributed by atoms with van der Waals surface area (Å²) in [6, 6.07) is 13.4. The fraction of sp³-hybridized carbons (Fsp3) is 0.348. The molecule has 2 aromatic carbocycles. The highest BCUT2D eigenvalue weighted by atomic mass is 35.5. The average Bonchev–Trinajstić information content (AvgIpc) is 2.74. The number of carboxylic acid groups (broad SMARTS) is 1. The molecule has 0 aromatic heterocycles. The van der Waals surface area contributed by atoms with Gasteiger partial charge in [0.2, 0.25) is 0 Å². The van der Waals surface area contributed by atoms with Crippen LogP contribution in [0, 0.1) is 6.57 Å². The third-order valence-electron chi connectivity index (χ3n) is 5.19. The smallest absolute Gasteiger partial charge is 0.306 e. The number of carbonyl (C=O) groups excluding carboxylic acids is 1. The van der Waals surface area contributed by atoms with Crippen molar-refractivity contribution in [1.82, 2.24) is 4.90 Å². The lowest BCUT2D eigenvalue weighted by Crippen LogP contribution is -2.54. The van der Waals surface area contributed by atoms with Crippen molar-refractivity contribution in [3.05, 3.63) is 81.1 Å². The molecule has 2 aromatic rings. The highest BCUT2D eigenvalue weighted by Gasteiger charge is 2.49. The van der Waals surface area contributed by atoms with Gasteiger partial charge in [0.1, 0.15) is 12.2 Å². The number of benzene rings is 2. The predicted octanol–water partition coefficient (Wildman–Crippen LogP) is 5.52. The van der Waals surface area contributed by atoms with Crippen LogP contribution in [-0.4, -0.2) is 34.2 Å². The number of morpholine rings is 1. The SMILES string of the molecule is [C-]#[N+][C@H](CCC)N1C(=O)[C@@H](CC(=O)O)O[C@H](c2cccc(Cl)c2)[C@@H]1c1ccc(Cl)cc1. The summed E-state index contributed by atoms with van der Waals surface area (Å²) in [5.41, 5.74) is 1.43. The Kier molecular flexibility index (Phi) is 7.55. The van der Waals surface area contributed by atoms with E-state index in [0.29, 0.717) is 28.5 Å². The van der Waals surface area contributed by atoms with Crippen molar-refractivity contribution in [3.63, 3.8) is 0 Å². The molecule has 6 nitrogen and oxygen atoms in total. The molecule has 4 atom stereocenters. The third kappa shape index (κ3) is 5.19. The second-order valence-corrected chi connectivity index (χ2v) is 8.21. The standard InChI is InChI=1S/C23H22Cl2N2O4/c1-3-5-19(26-2)27-21(14-8-10-16(24)11-9-14)22(15-6-4-7-17(25)12-15)31-18(23(27)30)13-20(28)29/h4,6-12,18-19,21-22H,3,5,13H2,1H3,(H,28,29)/t18-,19+,21+,22-/m1/s1. The first-order valence-electron chi connectivity index (χ1n) is 9.92. The number of nitrogens with zero attached hydrogens (tertiary/aromatic N) is 2. The van der Waals surface area contributed by atoms with Crippen molar-refractivity contribution in [1.29, 1.82) is 0 Å². The second-order valence-electron chi connectivity index (χ2n) is 7.34. The molecule has 31 heavy (non-hydrogen) atoms. The quantitative estimate of drug-likeness (QED) is 0.551. The van der Waals surface area contributed by atoms with Crippen molar-refractivity contribution in [2.45, 2.75) is 50.6 Å². The Morgan fingerprint density at radius 2 is 1.90 bits per heavy atom. The molecule has 1 amide bonds. The van der Waals surface area contributed by atoms with Crippen LogP contribution in [0.3, 0.4) is 0 Å². The number of carbonyl (C=O) groups is 2. The molecule has 0 radical (unpaired) electrons.